The molecule has 4 heterocycles. The van der Waals surface area contributed by atoms with Gasteiger partial charge in [-0.15, -0.1) is 11.3 Å². The zero-order valence-electron chi connectivity index (χ0n) is 17.9. The summed E-state index contributed by atoms with van der Waals surface area (Å²) in [4.78, 5) is 25.2. The van der Waals surface area contributed by atoms with E-state index in [1.54, 1.807) is 34.2 Å². The molecule has 4 aromatic heterocycles. The van der Waals surface area contributed by atoms with Crippen molar-refractivity contribution in [2.45, 2.75) is 26.8 Å². The van der Waals surface area contributed by atoms with Crippen molar-refractivity contribution in [2.24, 2.45) is 0 Å². The molecule has 7 nitrogen and oxygen atoms in total. The van der Waals surface area contributed by atoms with Crippen LogP contribution >= 0.6 is 11.3 Å². The smallest absolute Gasteiger partial charge is 0.251 e. The molecule has 0 saturated carbocycles. The van der Waals surface area contributed by atoms with Gasteiger partial charge in [-0.3, -0.25) is 14.7 Å². The van der Waals surface area contributed by atoms with E-state index in [1.807, 2.05) is 35.8 Å². The van der Waals surface area contributed by atoms with Crippen molar-refractivity contribution in [2.75, 3.05) is 19.6 Å². The summed E-state index contributed by atoms with van der Waals surface area (Å²) in [6, 6.07) is 11.7. The van der Waals surface area contributed by atoms with Crippen LogP contribution in [0.25, 0.3) is 27.6 Å². The van der Waals surface area contributed by atoms with E-state index >= 15 is 0 Å². The van der Waals surface area contributed by atoms with Gasteiger partial charge < -0.3 is 5.32 Å². The number of rotatable bonds is 8. The minimum absolute atomic E-state index is 0.107. The Morgan fingerprint density at radius 1 is 1.16 bits per heavy atom. The minimum atomic E-state index is -0.107. The number of fused-ring (bicyclic) bond motifs is 1. The number of hydrogen-bond donors (Lipinski definition) is 1. The number of thiophene rings is 1. The quantitative estimate of drug-likeness (QED) is 0.454. The zero-order valence-corrected chi connectivity index (χ0v) is 18.8. The summed E-state index contributed by atoms with van der Waals surface area (Å²) in [7, 11) is 0. The average Bonchev–Trinajstić information content (AvgIpc) is 3.48. The van der Waals surface area contributed by atoms with Gasteiger partial charge in [0.2, 0.25) is 0 Å². The summed E-state index contributed by atoms with van der Waals surface area (Å²) in [5.74, 6) is -0.107. The fourth-order valence-corrected chi connectivity index (χ4v) is 4.29. The van der Waals surface area contributed by atoms with E-state index in [-0.39, 0.29) is 11.9 Å². The molecular formula is C23H26N6OS. The van der Waals surface area contributed by atoms with Crippen molar-refractivity contribution in [1.82, 2.24) is 29.8 Å². The summed E-state index contributed by atoms with van der Waals surface area (Å²) < 4.78 is 1.73. The first-order valence-electron chi connectivity index (χ1n) is 10.5. The number of hydrogen-bond acceptors (Lipinski definition) is 6. The lowest BCUT2D eigenvalue weighted by Crippen LogP contribution is -2.42. The van der Waals surface area contributed by atoms with Crippen LogP contribution in [0.4, 0.5) is 0 Å². The van der Waals surface area contributed by atoms with Crippen LogP contribution in [0, 0.1) is 0 Å². The Morgan fingerprint density at radius 2 is 2.00 bits per heavy atom. The normalized spacial score (nSPS) is 12.4. The largest absolute Gasteiger partial charge is 0.350 e. The Morgan fingerprint density at radius 3 is 2.74 bits per heavy atom. The maximum Gasteiger partial charge on any atom is 0.251 e. The number of amides is 1. The number of pyridine rings is 1. The van der Waals surface area contributed by atoms with Crippen molar-refractivity contribution in [1.29, 1.82) is 0 Å². The molecule has 4 aromatic rings. The number of nitrogens with one attached hydrogen (secondary N) is 1. The Balaban J connectivity index is 1.52. The number of nitrogens with zero attached hydrogens (tertiary/aromatic N) is 5. The molecule has 160 valence electrons. The molecule has 0 fully saturated rings. The van der Waals surface area contributed by atoms with Crippen LogP contribution in [-0.4, -0.2) is 56.1 Å². The Bertz CT molecular complexity index is 1170. The topological polar surface area (TPSA) is 75.4 Å². The molecule has 8 heteroatoms. The maximum absolute atomic E-state index is 12.7. The molecule has 0 saturated heterocycles. The molecule has 1 N–H and O–H groups in total. The van der Waals surface area contributed by atoms with Gasteiger partial charge in [0.1, 0.15) is 5.69 Å². The van der Waals surface area contributed by atoms with Gasteiger partial charge in [-0.2, -0.15) is 5.10 Å². The predicted molar refractivity (Wildman–Crippen MR) is 124 cm³/mol. The molecule has 0 aromatic carbocycles. The summed E-state index contributed by atoms with van der Waals surface area (Å²) in [6.45, 7) is 8.90. The monoisotopic (exact) mass is 434 g/mol. The number of carbonyl (C=O) groups excluding carboxylic acids is 1. The number of aromatic nitrogens is 4. The molecule has 1 amide bonds. The first kappa shape index (κ1) is 21.1. The average molecular weight is 435 g/mol. The lowest BCUT2D eigenvalue weighted by molar-refractivity contribution is 0.0938. The standard InChI is InChI=1S/C23H26N6OS/c1-4-28(5-2)16(3)15-25-23(30)17-8-10-24-19(13-17)20-14-22-26-18(9-11-29(22)27-20)21-7-6-12-31-21/h6-14,16H,4-5,15H2,1-3H3,(H,25,30)/t16-/m0/s1. The van der Waals surface area contributed by atoms with Gasteiger partial charge in [-0.05, 0) is 49.7 Å². The fraction of sp³-hybridized carbons (Fsp3) is 0.304. The lowest BCUT2D eigenvalue weighted by atomic mass is 10.1. The van der Waals surface area contributed by atoms with Crippen LogP contribution < -0.4 is 5.32 Å². The van der Waals surface area contributed by atoms with E-state index in [0.717, 1.165) is 29.3 Å². The number of likely N-dealkylation sites (N-methyl/N-ethyl adjacent to an activating group) is 1. The van der Waals surface area contributed by atoms with Crippen molar-refractivity contribution in [3.8, 4) is 22.0 Å². The van der Waals surface area contributed by atoms with E-state index < -0.39 is 0 Å². The van der Waals surface area contributed by atoms with Gasteiger partial charge in [0.05, 0.1) is 16.3 Å². The molecule has 0 aliphatic heterocycles. The molecule has 4 rings (SSSR count). The second-order valence-electron chi connectivity index (χ2n) is 7.33. The van der Waals surface area contributed by atoms with Crippen molar-refractivity contribution in [3.05, 3.63) is 59.7 Å². The maximum atomic E-state index is 12.7. The van der Waals surface area contributed by atoms with E-state index in [2.05, 4.69) is 41.1 Å². The third kappa shape index (κ3) is 4.65. The lowest BCUT2D eigenvalue weighted by Gasteiger charge is -2.26. The van der Waals surface area contributed by atoms with Crippen molar-refractivity contribution in [3.63, 3.8) is 0 Å². The van der Waals surface area contributed by atoms with Gasteiger partial charge in [0, 0.05) is 36.6 Å². The highest BCUT2D eigenvalue weighted by molar-refractivity contribution is 7.13. The first-order valence-corrected chi connectivity index (χ1v) is 11.4. The molecule has 31 heavy (non-hydrogen) atoms. The number of carbonyl (C=O) groups is 1. The highest BCUT2D eigenvalue weighted by Crippen LogP contribution is 2.24. The fourth-order valence-electron chi connectivity index (χ4n) is 3.60. The van der Waals surface area contributed by atoms with Crippen molar-refractivity contribution < 1.29 is 4.79 Å². The summed E-state index contributed by atoms with van der Waals surface area (Å²) in [6.07, 6.45) is 3.54. The van der Waals surface area contributed by atoms with Gasteiger partial charge in [-0.25, -0.2) is 9.50 Å². The Hall–Kier alpha value is -3.10. The summed E-state index contributed by atoms with van der Waals surface area (Å²) in [5.41, 5.74) is 3.55. The third-order valence-corrected chi connectivity index (χ3v) is 6.27. The van der Waals surface area contributed by atoms with Crippen LogP contribution in [0.3, 0.4) is 0 Å². The minimum Gasteiger partial charge on any atom is -0.350 e. The van der Waals surface area contributed by atoms with E-state index in [0.29, 0.717) is 23.5 Å². The van der Waals surface area contributed by atoms with Crippen LogP contribution in [0.1, 0.15) is 31.1 Å². The molecule has 0 aliphatic rings. The Labute approximate surface area is 185 Å². The summed E-state index contributed by atoms with van der Waals surface area (Å²) >= 11 is 1.65. The highest BCUT2D eigenvalue weighted by Gasteiger charge is 2.14. The molecule has 0 spiro atoms. The second-order valence-corrected chi connectivity index (χ2v) is 8.28. The summed E-state index contributed by atoms with van der Waals surface area (Å²) in [5, 5.41) is 9.65. The molecule has 0 unspecified atom stereocenters. The van der Waals surface area contributed by atoms with Crippen LogP contribution in [0.15, 0.2) is 54.2 Å². The molecule has 0 bridgehead atoms. The SMILES string of the molecule is CCN(CC)[C@@H](C)CNC(=O)c1ccnc(-c2cc3nc(-c4cccs4)ccn3n2)c1. The predicted octanol–water partition coefficient (Wildman–Crippen LogP) is 3.98. The van der Waals surface area contributed by atoms with Crippen molar-refractivity contribution >= 4 is 22.9 Å². The molecular weight excluding hydrogens is 408 g/mol. The van der Waals surface area contributed by atoms with E-state index in [1.165, 1.54) is 0 Å². The highest BCUT2D eigenvalue weighted by atomic mass is 32.1. The van der Waals surface area contributed by atoms with E-state index in [4.69, 9.17) is 4.98 Å². The third-order valence-electron chi connectivity index (χ3n) is 5.38. The first-order chi connectivity index (χ1) is 15.1. The molecule has 0 radical (unpaired) electrons. The van der Waals surface area contributed by atoms with Gasteiger partial charge in [-0.1, -0.05) is 19.9 Å². The molecule has 0 aliphatic carbocycles. The zero-order chi connectivity index (χ0) is 21.8. The second kappa shape index (κ2) is 9.36. The van der Waals surface area contributed by atoms with Gasteiger partial charge >= 0.3 is 0 Å². The Kier molecular flexibility index (Phi) is 6.39. The van der Waals surface area contributed by atoms with Crippen LogP contribution in [-0.2, 0) is 0 Å². The van der Waals surface area contributed by atoms with Gasteiger partial charge in [0.15, 0.2) is 5.65 Å². The molecule has 1 atom stereocenters. The van der Waals surface area contributed by atoms with Gasteiger partial charge in [0.25, 0.3) is 5.91 Å². The van der Waals surface area contributed by atoms with E-state index in [9.17, 15) is 4.79 Å². The van der Waals surface area contributed by atoms with Crippen LogP contribution in [0.5, 0.6) is 0 Å². The van der Waals surface area contributed by atoms with Crippen LogP contribution in [0.2, 0.25) is 0 Å².